The Kier molecular flexibility index (Phi) is 5.53. The van der Waals surface area contributed by atoms with Crippen LogP contribution in [0.25, 0.3) is 5.76 Å². The van der Waals surface area contributed by atoms with E-state index in [-0.39, 0.29) is 29.5 Å². The van der Waals surface area contributed by atoms with E-state index >= 15 is 0 Å². The van der Waals surface area contributed by atoms with Gasteiger partial charge in [0.1, 0.15) is 17.1 Å². The Morgan fingerprint density at radius 2 is 1.74 bits per heavy atom. The van der Waals surface area contributed by atoms with E-state index in [4.69, 9.17) is 5.73 Å². The van der Waals surface area contributed by atoms with Gasteiger partial charge in [0.25, 0.3) is 5.91 Å². The molecule has 3 aliphatic rings. The number of carboxylic acid groups (broad SMARTS) is 1. The number of amides is 1. The number of Topliss-reactive ketones (excluding diaryl/α,β-unsaturated/α-hetero) is 2. The fourth-order valence-electron chi connectivity index (χ4n) is 5.84. The molecular formula is C24H27N3O8. The second-order valence-electron chi connectivity index (χ2n) is 9.65. The summed E-state index contributed by atoms with van der Waals surface area (Å²) in [4.78, 5) is 54.0. The summed E-state index contributed by atoms with van der Waals surface area (Å²) < 4.78 is 0. The number of carbonyl (C=O) groups is 4. The molecule has 0 aliphatic heterocycles. The molecule has 186 valence electrons. The Labute approximate surface area is 200 Å². The number of nitrogens with zero attached hydrogens (tertiary/aromatic N) is 2. The summed E-state index contributed by atoms with van der Waals surface area (Å²) in [6, 6.07) is 1.79. The molecule has 35 heavy (non-hydrogen) atoms. The average Bonchev–Trinajstić information content (AvgIpc) is 2.74. The topological polar surface area (TPSA) is 182 Å². The number of ketones is 2. The molecular weight excluding hydrogens is 458 g/mol. The molecule has 1 aromatic rings. The molecule has 0 spiro atoms. The summed E-state index contributed by atoms with van der Waals surface area (Å²) in [7, 11) is 6.59. The molecule has 0 unspecified atom stereocenters. The summed E-state index contributed by atoms with van der Waals surface area (Å²) in [5.41, 5.74) is 2.38. The largest absolute Gasteiger partial charge is 0.508 e. The molecule has 0 bridgehead atoms. The molecule has 0 radical (unpaired) electrons. The zero-order valence-electron chi connectivity index (χ0n) is 19.7. The summed E-state index contributed by atoms with van der Waals surface area (Å²) >= 11 is 0. The Hall–Kier alpha value is -3.70. The maximum Gasteiger partial charge on any atom is 0.336 e. The lowest BCUT2D eigenvalue weighted by atomic mass is 9.57. The number of carboxylic acids is 1. The normalized spacial score (nSPS) is 28.0. The van der Waals surface area contributed by atoms with E-state index in [0.717, 1.165) is 0 Å². The number of hydrogen-bond acceptors (Lipinski definition) is 9. The number of likely N-dealkylation sites (N-methyl/N-ethyl adjacent to an activating group) is 1. The number of benzene rings is 1. The number of anilines is 1. The third-order valence-electron chi connectivity index (χ3n) is 7.31. The summed E-state index contributed by atoms with van der Waals surface area (Å²) in [5.74, 6) is -8.09. The lowest BCUT2D eigenvalue weighted by molar-refractivity contribution is -0.153. The quantitative estimate of drug-likeness (QED) is 0.365. The Bertz CT molecular complexity index is 1260. The van der Waals surface area contributed by atoms with Crippen LogP contribution < -0.4 is 10.6 Å². The highest BCUT2D eigenvalue weighted by molar-refractivity contribution is 6.24. The van der Waals surface area contributed by atoms with Crippen molar-refractivity contribution in [3.05, 3.63) is 45.7 Å². The molecule has 4 atom stereocenters. The van der Waals surface area contributed by atoms with E-state index in [9.17, 15) is 39.6 Å². The second-order valence-corrected chi connectivity index (χ2v) is 9.65. The number of hydrogen-bond donors (Lipinski definition) is 5. The smallest absolute Gasteiger partial charge is 0.336 e. The molecule has 1 aromatic carbocycles. The fraction of sp³-hybridized carbons (Fsp3) is 0.417. The minimum Gasteiger partial charge on any atom is -0.508 e. The van der Waals surface area contributed by atoms with Crippen molar-refractivity contribution in [2.24, 2.45) is 17.6 Å². The number of aliphatic hydroxyl groups excluding tert-OH is 2. The second kappa shape index (κ2) is 7.92. The standard InChI is InChI=1S/C24H27N3O8/c1-26(2)13-6-5-10(23(33)34)15-11(13)7-9-8-12-17(27(3)4)19(29)16(22(25)32)21(31)24(12,35)20(30)14(9)18(15)28/h5-6,9,12,17,28,31,35H,7-8H2,1-4H3,(H2,25,32)(H,33,34)/t9-,12-,17-,24-/m0/s1. The summed E-state index contributed by atoms with van der Waals surface area (Å²) in [5, 5.41) is 43.4. The molecule has 1 fully saturated rings. The average molecular weight is 485 g/mol. The highest BCUT2D eigenvalue weighted by atomic mass is 16.4. The van der Waals surface area contributed by atoms with Crippen LogP contribution in [0.2, 0.25) is 0 Å². The number of carbonyl (C=O) groups excluding carboxylic acids is 3. The van der Waals surface area contributed by atoms with E-state index < -0.39 is 64.0 Å². The van der Waals surface area contributed by atoms with Crippen LogP contribution >= 0.6 is 0 Å². The SMILES string of the molecule is CN(C)c1ccc(C(=O)O)c2c1C[C@H]1C[C@H]3[C@H](N(C)C)C(=O)C(C(N)=O)=C(O)[C@@]3(O)C(=O)C1=C2O. The predicted octanol–water partition coefficient (Wildman–Crippen LogP) is 0.0226. The van der Waals surface area contributed by atoms with Gasteiger partial charge in [-0.1, -0.05) is 0 Å². The lowest BCUT2D eigenvalue weighted by Gasteiger charge is -2.50. The number of primary amides is 1. The highest BCUT2D eigenvalue weighted by Gasteiger charge is 2.64. The minimum absolute atomic E-state index is 0.00404. The summed E-state index contributed by atoms with van der Waals surface area (Å²) in [6.07, 6.45) is 0.152. The number of rotatable bonds is 4. The zero-order valence-corrected chi connectivity index (χ0v) is 19.7. The molecule has 0 saturated heterocycles. The van der Waals surface area contributed by atoms with Gasteiger partial charge in [-0.15, -0.1) is 0 Å². The van der Waals surface area contributed by atoms with Gasteiger partial charge in [0.05, 0.1) is 11.6 Å². The van der Waals surface area contributed by atoms with Crippen LogP contribution in [0, 0.1) is 11.8 Å². The first-order valence-electron chi connectivity index (χ1n) is 11.0. The van der Waals surface area contributed by atoms with E-state index in [1.165, 1.54) is 25.1 Å². The number of nitrogens with two attached hydrogens (primary N) is 1. The van der Waals surface area contributed by atoms with E-state index in [0.29, 0.717) is 11.3 Å². The van der Waals surface area contributed by atoms with Gasteiger partial charge in [-0.25, -0.2) is 4.79 Å². The van der Waals surface area contributed by atoms with Crippen LogP contribution in [0.4, 0.5) is 5.69 Å². The Morgan fingerprint density at radius 1 is 1.11 bits per heavy atom. The number of aromatic carboxylic acids is 1. The van der Waals surface area contributed by atoms with Crippen molar-refractivity contribution in [1.82, 2.24) is 4.90 Å². The van der Waals surface area contributed by atoms with Crippen LogP contribution in [0.3, 0.4) is 0 Å². The molecule has 11 nitrogen and oxygen atoms in total. The molecule has 11 heteroatoms. The van der Waals surface area contributed by atoms with Gasteiger partial charge < -0.3 is 31.1 Å². The first-order valence-corrected chi connectivity index (χ1v) is 11.0. The first kappa shape index (κ1) is 24.4. The van der Waals surface area contributed by atoms with Crippen LogP contribution in [0.5, 0.6) is 0 Å². The third-order valence-corrected chi connectivity index (χ3v) is 7.31. The minimum atomic E-state index is -2.70. The van der Waals surface area contributed by atoms with Gasteiger partial charge in [-0.2, -0.15) is 0 Å². The maximum absolute atomic E-state index is 13.8. The monoisotopic (exact) mass is 485 g/mol. The van der Waals surface area contributed by atoms with Crippen LogP contribution in [0.1, 0.15) is 27.9 Å². The van der Waals surface area contributed by atoms with Crippen LogP contribution in [-0.2, 0) is 20.8 Å². The maximum atomic E-state index is 13.8. The van der Waals surface area contributed by atoms with Crippen LogP contribution in [-0.4, -0.2) is 88.6 Å². The van der Waals surface area contributed by atoms with Crippen molar-refractivity contribution in [2.75, 3.05) is 33.1 Å². The van der Waals surface area contributed by atoms with Crippen molar-refractivity contribution >= 4 is 34.9 Å². The van der Waals surface area contributed by atoms with Crippen molar-refractivity contribution in [1.29, 1.82) is 0 Å². The zero-order chi connectivity index (χ0) is 26.1. The van der Waals surface area contributed by atoms with Gasteiger partial charge in [-0.3, -0.25) is 19.3 Å². The number of fused-ring (bicyclic) bond motifs is 3. The van der Waals surface area contributed by atoms with E-state index in [1.54, 1.807) is 25.1 Å². The van der Waals surface area contributed by atoms with Crippen molar-refractivity contribution < 1.29 is 39.6 Å². The molecule has 6 N–H and O–H groups in total. The van der Waals surface area contributed by atoms with E-state index in [2.05, 4.69) is 0 Å². The molecule has 1 saturated carbocycles. The Morgan fingerprint density at radius 3 is 2.26 bits per heavy atom. The van der Waals surface area contributed by atoms with Gasteiger partial charge in [-0.05, 0) is 50.6 Å². The van der Waals surface area contributed by atoms with Crippen molar-refractivity contribution in [3.8, 4) is 0 Å². The third kappa shape index (κ3) is 3.18. The van der Waals surface area contributed by atoms with E-state index in [1.807, 2.05) is 0 Å². The highest BCUT2D eigenvalue weighted by Crippen LogP contribution is 2.52. The molecule has 0 aromatic heterocycles. The van der Waals surface area contributed by atoms with Crippen LogP contribution in [0.15, 0.2) is 29.0 Å². The fourth-order valence-corrected chi connectivity index (χ4v) is 5.84. The molecule has 3 aliphatic carbocycles. The number of aliphatic hydroxyl groups is 3. The summed E-state index contributed by atoms with van der Waals surface area (Å²) in [6.45, 7) is 0. The predicted molar refractivity (Wildman–Crippen MR) is 124 cm³/mol. The first-order chi connectivity index (χ1) is 16.2. The van der Waals surface area contributed by atoms with Gasteiger partial charge >= 0.3 is 5.97 Å². The molecule has 1 amide bonds. The lowest BCUT2D eigenvalue weighted by Crippen LogP contribution is -2.65. The van der Waals surface area contributed by atoms with Crippen molar-refractivity contribution in [3.63, 3.8) is 0 Å². The molecule has 4 rings (SSSR count). The van der Waals surface area contributed by atoms with Crippen molar-refractivity contribution in [2.45, 2.75) is 24.5 Å². The molecule has 0 heterocycles. The Balaban J connectivity index is 2.02. The van der Waals surface area contributed by atoms with Gasteiger partial charge in [0, 0.05) is 36.8 Å². The van der Waals surface area contributed by atoms with Gasteiger partial charge in [0.2, 0.25) is 5.78 Å². The van der Waals surface area contributed by atoms with Gasteiger partial charge in [0.15, 0.2) is 11.4 Å².